The van der Waals surface area contributed by atoms with Crippen molar-refractivity contribution in [2.24, 2.45) is 5.73 Å². The van der Waals surface area contributed by atoms with Gasteiger partial charge < -0.3 is 20.5 Å². The first kappa shape index (κ1) is 13.8. The maximum Gasteiger partial charge on any atom is 0.0980 e. The number of rotatable bonds is 3. The van der Waals surface area contributed by atoms with Crippen LogP contribution in [0.25, 0.3) is 0 Å². The van der Waals surface area contributed by atoms with E-state index in [1.165, 1.54) is 0 Å². The fourth-order valence-corrected chi connectivity index (χ4v) is 2.87. The number of hydrogen-bond acceptors (Lipinski definition) is 4. The van der Waals surface area contributed by atoms with E-state index in [9.17, 15) is 0 Å². The van der Waals surface area contributed by atoms with Crippen molar-refractivity contribution in [3.63, 3.8) is 0 Å². The van der Waals surface area contributed by atoms with Gasteiger partial charge in [0.25, 0.3) is 0 Å². The second-order valence-electron chi connectivity index (χ2n) is 4.62. The van der Waals surface area contributed by atoms with Crippen LogP contribution in [-0.4, -0.2) is 37.5 Å². The van der Waals surface area contributed by atoms with Crippen molar-refractivity contribution in [3.8, 4) is 0 Å². The Balaban J connectivity index is 2.16. The molecule has 1 aliphatic heterocycles. The predicted octanol–water partition coefficient (Wildman–Crippen LogP) is 1.67. The fourth-order valence-electron chi connectivity index (χ4n) is 2.15. The Morgan fingerprint density at radius 2 is 2.39 bits per heavy atom. The molecule has 3 N–H and O–H groups in total. The van der Waals surface area contributed by atoms with E-state index >= 15 is 0 Å². The van der Waals surface area contributed by atoms with E-state index in [1.54, 1.807) is 0 Å². The van der Waals surface area contributed by atoms with Gasteiger partial charge in [-0.15, -0.1) is 0 Å². The van der Waals surface area contributed by atoms with Crippen LogP contribution in [0.15, 0.2) is 22.7 Å². The molecule has 0 aliphatic carbocycles. The SMILES string of the molecule is C[C@@H](N)c1ccc(N2CCOC(CO)C2)cc1Br. The second-order valence-corrected chi connectivity index (χ2v) is 5.47. The molecule has 0 spiro atoms. The first-order chi connectivity index (χ1) is 8.61. The largest absolute Gasteiger partial charge is 0.394 e. The summed E-state index contributed by atoms with van der Waals surface area (Å²) in [4.78, 5) is 2.22. The summed E-state index contributed by atoms with van der Waals surface area (Å²) in [6, 6.07) is 6.22. The first-order valence-corrected chi connectivity index (χ1v) is 6.93. The molecule has 2 rings (SSSR count). The van der Waals surface area contributed by atoms with Gasteiger partial charge >= 0.3 is 0 Å². The molecule has 1 heterocycles. The lowest BCUT2D eigenvalue weighted by atomic mass is 10.1. The van der Waals surface area contributed by atoms with Crippen LogP contribution >= 0.6 is 15.9 Å². The average Bonchev–Trinajstić information content (AvgIpc) is 2.38. The lowest BCUT2D eigenvalue weighted by Gasteiger charge is -2.34. The Morgan fingerprint density at radius 3 is 3.00 bits per heavy atom. The van der Waals surface area contributed by atoms with Crippen LogP contribution < -0.4 is 10.6 Å². The van der Waals surface area contributed by atoms with Gasteiger partial charge in [0.2, 0.25) is 0 Å². The number of nitrogens with two attached hydrogens (primary N) is 1. The van der Waals surface area contributed by atoms with Gasteiger partial charge in [-0.1, -0.05) is 22.0 Å². The van der Waals surface area contributed by atoms with Crippen molar-refractivity contribution >= 4 is 21.6 Å². The summed E-state index contributed by atoms with van der Waals surface area (Å²) in [5, 5.41) is 9.15. The summed E-state index contributed by atoms with van der Waals surface area (Å²) in [5.74, 6) is 0. The fraction of sp³-hybridized carbons (Fsp3) is 0.538. The zero-order chi connectivity index (χ0) is 13.1. The minimum atomic E-state index is -0.0920. The summed E-state index contributed by atoms with van der Waals surface area (Å²) in [6.45, 7) is 4.25. The molecule has 0 radical (unpaired) electrons. The molecule has 0 amide bonds. The first-order valence-electron chi connectivity index (χ1n) is 6.14. The molecule has 5 heteroatoms. The molecule has 18 heavy (non-hydrogen) atoms. The molecular formula is C13H19BrN2O2. The third-order valence-corrected chi connectivity index (χ3v) is 3.87. The van der Waals surface area contributed by atoms with Crippen LogP contribution in [0, 0.1) is 0 Å². The molecule has 1 aromatic carbocycles. The number of aliphatic hydroxyl groups is 1. The summed E-state index contributed by atoms with van der Waals surface area (Å²) in [5.41, 5.74) is 8.12. The molecule has 0 aromatic heterocycles. The quantitative estimate of drug-likeness (QED) is 0.891. The Bertz CT molecular complexity index is 412. The van der Waals surface area contributed by atoms with Crippen molar-refractivity contribution in [1.82, 2.24) is 0 Å². The van der Waals surface area contributed by atoms with Gasteiger partial charge in [0.15, 0.2) is 0 Å². The minimum absolute atomic E-state index is 0.0169. The van der Waals surface area contributed by atoms with Gasteiger partial charge in [-0.2, -0.15) is 0 Å². The zero-order valence-corrected chi connectivity index (χ0v) is 12.1. The lowest BCUT2D eigenvalue weighted by Crippen LogP contribution is -2.44. The number of benzene rings is 1. The molecular weight excluding hydrogens is 296 g/mol. The van der Waals surface area contributed by atoms with Crippen LogP contribution in [-0.2, 0) is 4.74 Å². The minimum Gasteiger partial charge on any atom is -0.394 e. The van der Waals surface area contributed by atoms with Gasteiger partial charge in [0.1, 0.15) is 0 Å². The monoisotopic (exact) mass is 314 g/mol. The van der Waals surface area contributed by atoms with Crippen molar-refractivity contribution in [3.05, 3.63) is 28.2 Å². The molecule has 0 saturated carbocycles. The van der Waals surface area contributed by atoms with E-state index in [0.717, 1.165) is 28.8 Å². The Labute approximate surface area is 116 Å². The average molecular weight is 315 g/mol. The van der Waals surface area contributed by atoms with E-state index in [1.807, 2.05) is 13.0 Å². The molecule has 1 aromatic rings. The van der Waals surface area contributed by atoms with Crippen LogP contribution in [0.2, 0.25) is 0 Å². The highest BCUT2D eigenvalue weighted by molar-refractivity contribution is 9.10. The van der Waals surface area contributed by atoms with Gasteiger partial charge in [0, 0.05) is 29.3 Å². The van der Waals surface area contributed by atoms with Crippen LogP contribution in [0.5, 0.6) is 0 Å². The third kappa shape index (κ3) is 3.03. The summed E-state index contributed by atoms with van der Waals surface area (Å²) >= 11 is 3.56. The van der Waals surface area contributed by atoms with E-state index in [4.69, 9.17) is 15.6 Å². The number of morpholine rings is 1. The number of hydrogen-bond donors (Lipinski definition) is 2. The highest BCUT2D eigenvalue weighted by atomic mass is 79.9. The number of aliphatic hydroxyl groups excluding tert-OH is 1. The Kier molecular flexibility index (Phi) is 4.61. The summed E-state index contributed by atoms with van der Waals surface area (Å²) in [7, 11) is 0. The van der Waals surface area contributed by atoms with E-state index in [2.05, 4.69) is 33.0 Å². The van der Waals surface area contributed by atoms with Gasteiger partial charge in [-0.05, 0) is 24.6 Å². The van der Waals surface area contributed by atoms with Crippen molar-refractivity contribution in [1.29, 1.82) is 0 Å². The number of nitrogens with zero attached hydrogens (tertiary/aromatic N) is 1. The number of ether oxygens (including phenoxy) is 1. The van der Waals surface area contributed by atoms with Gasteiger partial charge in [-0.3, -0.25) is 0 Å². The normalized spacial score (nSPS) is 22.0. The van der Waals surface area contributed by atoms with E-state index in [-0.39, 0.29) is 18.8 Å². The maximum absolute atomic E-state index is 9.15. The van der Waals surface area contributed by atoms with E-state index < -0.39 is 0 Å². The summed E-state index contributed by atoms with van der Waals surface area (Å²) in [6.07, 6.45) is -0.0920. The van der Waals surface area contributed by atoms with Crippen molar-refractivity contribution in [2.45, 2.75) is 19.1 Å². The Hall–Kier alpha value is -0.620. The van der Waals surface area contributed by atoms with Gasteiger partial charge in [0.05, 0.1) is 19.3 Å². The predicted molar refractivity (Wildman–Crippen MR) is 75.8 cm³/mol. The number of halogens is 1. The smallest absolute Gasteiger partial charge is 0.0980 e. The van der Waals surface area contributed by atoms with Crippen LogP contribution in [0.3, 0.4) is 0 Å². The molecule has 1 fully saturated rings. The number of anilines is 1. The second kappa shape index (κ2) is 6.02. The molecule has 0 bridgehead atoms. The molecule has 2 atom stereocenters. The lowest BCUT2D eigenvalue weighted by molar-refractivity contribution is 0.00356. The van der Waals surface area contributed by atoms with E-state index in [0.29, 0.717) is 6.61 Å². The standard InChI is InChI=1S/C13H19BrN2O2/c1-9(15)12-3-2-10(6-13(12)14)16-4-5-18-11(7-16)8-17/h2-3,6,9,11,17H,4-5,7-8,15H2,1H3/t9-,11?/m1/s1. The highest BCUT2D eigenvalue weighted by Crippen LogP contribution is 2.28. The van der Waals surface area contributed by atoms with Crippen LogP contribution in [0.4, 0.5) is 5.69 Å². The molecule has 100 valence electrons. The molecule has 1 aliphatic rings. The van der Waals surface area contributed by atoms with Crippen LogP contribution in [0.1, 0.15) is 18.5 Å². The molecule has 1 unspecified atom stereocenters. The zero-order valence-electron chi connectivity index (χ0n) is 10.5. The van der Waals surface area contributed by atoms with Crippen molar-refractivity contribution < 1.29 is 9.84 Å². The summed E-state index contributed by atoms with van der Waals surface area (Å²) < 4.78 is 6.48. The maximum atomic E-state index is 9.15. The highest BCUT2D eigenvalue weighted by Gasteiger charge is 2.20. The topological polar surface area (TPSA) is 58.7 Å². The third-order valence-electron chi connectivity index (χ3n) is 3.18. The molecule has 1 saturated heterocycles. The van der Waals surface area contributed by atoms with Gasteiger partial charge in [-0.25, -0.2) is 0 Å². The molecule has 4 nitrogen and oxygen atoms in total. The Morgan fingerprint density at radius 1 is 1.61 bits per heavy atom. The van der Waals surface area contributed by atoms with Crippen molar-refractivity contribution in [2.75, 3.05) is 31.2 Å².